The molecule has 0 spiro atoms. The molecule has 1 aromatic rings. The lowest BCUT2D eigenvalue weighted by Gasteiger charge is -2.12. The van der Waals surface area contributed by atoms with Gasteiger partial charge >= 0.3 is 17.9 Å². The molecule has 0 radical (unpaired) electrons. The minimum absolute atomic E-state index is 0.0337. The standard InChI is InChI=1S/C10H6F2I2O5/c11-10(12,9(17)18)3-19-8(16)4-1-5(13)7(15)6(14)2-4/h1-2,15H,3H2,(H,17,18). The van der Waals surface area contributed by atoms with Crippen molar-refractivity contribution in [3.05, 3.63) is 24.8 Å². The molecule has 0 unspecified atom stereocenters. The summed E-state index contributed by atoms with van der Waals surface area (Å²) in [5.41, 5.74) is -0.0483. The number of halogens is 4. The van der Waals surface area contributed by atoms with Gasteiger partial charge in [-0.25, -0.2) is 9.59 Å². The Morgan fingerprint density at radius 3 is 2.16 bits per heavy atom. The maximum absolute atomic E-state index is 12.7. The lowest BCUT2D eigenvalue weighted by molar-refractivity contribution is -0.170. The van der Waals surface area contributed by atoms with Crippen molar-refractivity contribution < 1.29 is 33.3 Å². The number of hydrogen-bond donors (Lipinski definition) is 2. The van der Waals surface area contributed by atoms with E-state index in [0.29, 0.717) is 7.14 Å². The second-order valence-corrected chi connectivity index (χ2v) is 5.70. The molecule has 1 aromatic carbocycles. The molecule has 9 heteroatoms. The number of aliphatic carboxylic acids is 1. The molecule has 0 aromatic heterocycles. The number of carbonyl (C=O) groups is 2. The molecule has 0 saturated heterocycles. The van der Waals surface area contributed by atoms with Crippen molar-refractivity contribution >= 4 is 57.1 Å². The van der Waals surface area contributed by atoms with Crippen molar-refractivity contribution in [2.75, 3.05) is 6.61 Å². The van der Waals surface area contributed by atoms with Crippen LogP contribution < -0.4 is 0 Å². The van der Waals surface area contributed by atoms with Crippen LogP contribution in [0.2, 0.25) is 0 Å². The number of benzene rings is 1. The minimum atomic E-state index is -4.13. The van der Waals surface area contributed by atoms with Crippen molar-refractivity contribution in [3.8, 4) is 5.75 Å². The molecule has 2 N–H and O–H groups in total. The number of carbonyl (C=O) groups excluding carboxylic acids is 1. The van der Waals surface area contributed by atoms with Crippen LogP contribution >= 0.6 is 45.2 Å². The van der Waals surface area contributed by atoms with Gasteiger partial charge in [0.05, 0.1) is 12.7 Å². The molecule has 19 heavy (non-hydrogen) atoms. The van der Waals surface area contributed by atoms with E-state index in [4.69, 9.17) is 5.11 Å². The van der Waals surface area contributed by atoms with E-state index in [9.17, 15) is 23.5 Å². The van der Waals surface area contributed by atoms with Crippen molar-refractivity contribution in [2.24, 2.45) is 0 Å². The predicted molar refractivity (Wildman–Crippen MR) is 76.4 cm³/mol. The van der Waals surface area contributed by atoms with Gasteiger partial charge < -0.3 is 14.9 Å². The molecule has 0 fully saturated rings. The molecular weight excluding hydrogens is 492 g/mol. The molecule has 104 valence electrons. The number of phenolic OH excluding ortho intramolecular Hbond substituents is 1. The van der Waals surface area contributed by atoms with Crippen LogP contribution in [0.4, 0.5) is 8.78 Å². The van der Waals surface area contributed by atoms with E-state index in [1.807, 2.05) is 0 Å². The van der Waals surface area contributed by atoms with Gasteiger partial charge in [0.25, 0.3) is 0 Å². The Bertz CT molecular complexity index is 510. The van der Waals surface area contributed by atoms with Gasteiger partial charge in [0.1, 0.15) is 5.75 Å². The number of aromatic hydroxyl groups is 1. The monoisotopic (exact) mass is 498 g/mol. The number of carboxylic acids is 1. The number of ether oxygens (including phenoxy) is 1. The summed E-state index contributed by atoms with van der Waals surface area (Å²) in [6.45, 7) is -1.55. The summed E-state index contributed by atoms with van der Waals surface area (Å²) in [7, 11) is 0. The number of phenols is 1. The summed E-state index contributed by atoms with van der Waals surface area (Å²) in [6, 6.07) is 2.50. The van der Waals surface area contributed by atoms with Gasteiger partial charge in [-0.3, -0.25) is 0 Å². The Morgan fingerprint density at radius 2 is 1.74 bits per heavy atom. The quantitative estimate of drug-likeness (QED) is 0.493. The summed E-state index contributed by atoms with van der Waals surface area (Å²) in [5.74, 6) is -7.62. The van der Waals surface area contributed by atoms with Gasteiger partial charge in [0.2, 0.25) is 0 Å². The number of carboxylic acid groups (broad SMARTS) is 1. The van der Waals surface area contributed by atoms with Crippen LogP contribution in [-0.2, 0) is 9.53 Å². The Hall–Kier alpha value is -0.720. The van der Waals surface area contributed by atoms with E-state index in [0.717, 1.165) is 0 Å². The van der Waals surface area contributed by atoms with Crippen LogP contribution in [0, 0.1) is 7.14 Å². The van der Waals surface area contributed by atoms with Gasteiger partial charge in [-0.2, -0.15) is 8.78 Å². The van der Waals surface area contributed by atoms with Crippen molar-refractivity contribution in [1.29, 1.82) is 0 Å². The fourth-order valence-corrected chi connectivity index (χ4v) is 2.75. The lowest BCUT2D eigenvalue weighted by Crippen LogP contribution is -2.34. The smallest absolute Gasteiger partial charge is 0.378 e. The maximum atomic E-state index is 12.7. The molecule has 0 bridgehead atoms. The molecule has 0 aliphatic carbocycles. The van der Waals surface area contributed by atoms with Gasteiger partial charge in [-0.05, 0) is 57.3 Å². The topological polar surface area (TPSA) is 83.8 Å². The van der Waals surface area contributed by atoms with Crippen molar-refractivity contribution in [3.63, 3.8) is 0 Å². The maximum Gasteiger partial charge on any atom is 0.378 e. The van der Waals surface area contributed by atoms with E-state index in [2.05, 4.69) is 4.74 Å². The highest BCUT2D eigenvalue weighted by Crippen LogP contribution is 2.27. The van der Waals surface area contributed by atoms with E-state index < -0.39 is 24.5 Å². The van der Waals surface area contributed by atoms with E-state index in [1.165, 1.54) is 12.1 Å². The molecule has 0 saturated carbocycles. The first-order valence-corrected chi connectivity index (χ1v) is 6.77. The average molecular weight is 498 g/mol. The molecule has 0 atom stereocenters. The predicted octanol–water partition coefficient (Wildman–Crippen LogP) is 2.48. The number of esters is 1. The van der Waals surface area contributed by atoms with Crippen LogP contribution in [0.25, 0.3) is 0 Å². The SMILES string of the molecule is O=C(OCC(F)(F)C(=O)O)c1cc(I)c(O)c(I)c1. The fourth-order valence-electron chi connectivity index (χ4n) is 0.985. The second-order valence-electron chi connectivity index (χ2n) is 3.37. The summed E-state index contributed by atoms with van der Waals surface area (Å²) in [5, 5.41) is 17.7. The van der Waals surface area contributed by atoms with E-state index in [-0.39, 0.29) is 11.3 Å². The van der Waals surface area contributed by atoms with Crippen molar-refractivity contribution in [2.45, 2.75) is 5.92 Å². The van der Waals surface area contributed by atoms with E-state index >= 15 is 0 Å². The molecule has 0 heterocycles. The Balaban J connectivity index is 2.83. The molecule has 5 nitrogen and oxygen atoms in total. The number of hydrogen-bond acceptors (Lipinski definition) is 4. The van der Waals surface area contributed by atoms with Gasteiger partial charge in [0, 0.05) is 0 Å². The molecular formula is C10H6F2I2O5. The summed E-state index contributed by atoms with van der Waals surface area (Å²) < 4.78 is 30.4. The Morgan fingerprint density at radius 1 is 1.26 bits per heavy atom. The zero-order valence-corrected chi connectivity index (χ0v) is 13.3. The van der Waals surface area contributed by atoms with Crippen LogP contribution in [-0.4, -0.2) is 34.7 Å². The number of alkyl halides is 2. The minimum Gasteiger partial charge on any atom is -0.506 e. The molecule has 1 rings (SSSR count). The van der Waals surface area contributed by atoms with Crippen LogP contribution in [0.1, 0.15) is 10.4 Å². The molecule has 0 amide bonds. The van der Waals surface area contributed by atoms with E-state index in [1.54, 1.807) is 45.2 Å². The van der Waals surface area contributed by atoms with Gasteiger partial charge in [-0.15, -0.1) is 0 Å². The first kappa shape index (κ1) is 16.3. The summed E-state index contributed by atoms with van der Waals surface area (Å²) >= 11 is 3.52. The zero-order chi connectivity index (χ0) is 14.8. The third-order valence-corrected chi connectivity index (χ3v) is 3.59. The lowest BCUT2D eigenvalue weighted by atomic mass is 10.2. The normalized spacial score (nSPS) is 11.2. The van der Waals surface area contributed by atoms with Crippen LogP contribution in [0.5, 0.6) is 5.75 Å². The van der Waals surface area contributed by atoms with Gasteiger partial charge in [-0.1, -0.05) is 0 Å². The highest BCUT2D eigenvalue weighted by molar-refractivity contribution is 14.1. The third-order valence-electron chi connectivity index (χ3n) is 1.95. The summed E-state index contributed by atoms with van der Waals surface area (Å²) in [4.78, 5) is 21.6. The number of rotatable bonds is 4. The largest absolute Gasteiger partial charge is 0.506 e. The molecule has 0 aliphatic heterocycles. The highest BCUT2D eigenvalue weighted by atomic mass is 127. The third kappa shape index (κ3) is 4.12. The molecule has 0 aliphatic rings. The zero-order valence-electron chi connectivity index (χ0n) is 8.99. The first-order valence-electron chi connectivity index (χ1n) is 4.61. The average Bonchev–Trinajstić information content (AvgIpc) is 2.32. The summed E-state index contributed by atoms with van der Waals surface area (Å²) in [6.07, 6.45) is 0. The van der Waals surface area contributed by atoms with Crippen LogP contribution in [0.15, 0.2) is 12.1 Å². The van der Waals surface area contributed by atoms with Crippen LogP contribution in [0.3, 0.4) is 0 Å². The second kappa shape index (κ2) is 6.15. The Kier molecular flexibility index (Phi) is 5.29. The first-order chi connectivity index (χ1) is 8.65. The highest BCUT2D eigenvalue weighted by Gasteiger charge is 2.40. The van der Waals surface area contributed by atoms with Crippen molar-refractivity contribution in [1.82, 2.24) is 0 Å². The fraction of sp³-hybridized carbons (Fsp3) is 0.200. The van der Waals surface area contributed by atoms with Gasteiger partial charge in [0.15, 0.2) is 6.61 Å². The Labute approximate surface area is 133 Å².